The lowest BCUT2D eigenvalue weighted by atomic mass is 9.82. The number of hydroxylamine groups is 2. The fraction of sp³-hybridized carbons (Fsp3) is 0.778. The summed E-state index contributed by atoms with van der Waals surface area (Å²) in [6.45, 7) is 3.51. The van der Waals surface area contributed by atoms with Crippen molar-refractivity contribution < 1.29 is 39.6 Å². The third-order valence-electron chi connectivity index (χ3n) is 5.13. The number of carbonyl (C=O) groups excluding carboxylic acids is 1. The van der Waals surface area contributed by atoms with Crippen molar-refractivity contribution in [3.8, 4) is 0 Å². The van der Waals surface area contributed by atoms with Crippen LogP contribution in [0.2, 0.25) is 0 Å². The van der Waals surface area contributed by atoms with Gasteiger partial charge in [-0.2, -0.15) is 11.8 Å². The second-order valence-electron chi connectivity index (χ2n) is 7.23. The molecular formula is C18H29NO8S. The number of aliphatic hydroxyl groups excluding tert-OH is 2. The van der Waals surface area contributed by atoms with Crippen LogP contribution in [-0.4, -0.2) is 85.9 Å². The Labute approximate surface area is 168 Å². The van der Waals surface area contributed by atoms with Crippen LogP contribution in [0.1, 0.15) is 39.5 Å². The SMILES string of the molecule is CCCCCC1OC2=C(C(=O)N(OC)C2CSCC(O)C(=O)O)C(O)C1(C)O. The Morgan fingerprint density at radius 1 is 1.43 bits per heavy atom. The van der Waals surface area contributed by atoms with E-state index in [0.717, 1.165) is 36.1 Å². The number of aliphatic carboxylic acids is 1. The fourth-order valence-corrected chi connectivity index (χ4v) is 4.45. The van der Waals surface area contributed by atoms with Crippen LogP contribution in [-0.2, 0) is 19.2 Å². The van der Waals surface area contributed by atoms with Crippen molar-refractivity contribution in [2.75, 3.05) is 18.6 Å². The average molecular weight is 419 g/mol. The van der Waals surface area contributed by atoms with Gasteiger partial charge < -0.3 is 25.2 Å². The van der Waals surface area contributed by atoms with E-state index in [1.165, 1.54) is 14.0 Å². The molecule has 160 valence electrons. The molecule has 2 aliphatic rings. The zero-order chi connectivity index (χ0) is 21.1. The van der Waals surface area contributed by atoms with E-state index in [0.29, 0.717) is 6.42 Å². The van der Waals surface area contributed by atoms with E-state index in [1.54, 1.807) is 0 Å². The van der Waals surface area contributed by atoms with Crippen molar-refractivity contribution in [3.63, 3.8) is 0 Å². The maximum atomic E-state index is 12.7. The lowest BCUT2D eigenvalue weighted by Crippen LogP contribution is -2.55. The standard InChI is InChI=1S/C18H29NO8S/c1-4-5-6-7-12-18(2,25)15(21)13-14(27-12)10(19(26-3)16(13)22)8-28-9-11(20)17(23)24/h10-12,15,20-21,25H,4-9H2,1-3H3,(H,23,24). The number of carbonyl (C=O) groups is 2. The first kappa shape index (κ1) is 23.0. The molecule has 5 unspecified atom stereocenters. The molecule has 0 aromatic rings. The Kier molecular flexibility index (Phi) is 7.74. The number of carboxylic acids is 1. The molecule has 0 saturated heterocycles. The molecule has 28 heavy (non-hydrogen) atoms. The van der Waals surface area contributed by atoms with Gasteiger partial charge in [0.25, 0.3) is 5.91 Å². The lowest BCUT2D eigenvalue weighted by molar-refractivity contribution is -0.176. The summed E-state index contributed by atoms with van der Waals surface area (Å²) < 4.78 is 6.00. The Hall–Kier alpha value is -1.33. The minimum atomic E-state index is -1.62. The van der Waals surface area contributed by atoms with E-state index in [2.05, 4.69) is 6.92 Å². The second-order valence-corrected chi connectivity index (χ2v) is 8.30. The summed E-state index contributed by atoms with van der Waals surface area (Å²) in [5, 5.41) is 40.8. The predicted octanol–water partition coefficient (Wildman–Crippen LogP) is 0.282. The van der Waals surface area contributed by atoms with Crippen LogP contribution in [0.3, 0.4) is 0 Å². The molecule has 0 aromatic carbocycles. The number of nitrogens with zero attached hydrogens (tertiary/aromatic N) is 1. The van der Waals surface area contributed by atoms with Crippen molar-refractivity contribution >= 4 is 23.6 Å². The molecule has 0 aliphatic carbocycles. The van der Waals surface area contributed by atoms with Gasteiger partial charge in [0.05, 0.1) is 12.7 Å². The van der Waals surface area contributed by atoms with E-state index >= 15 is 0 Å². The minimum Gasteiger partial charge on any atom is -0.489 e. The van der Waals surface area contributed by atoms with Crippen LogP contribution >= 0.6 is 11.8 Å². The summed E-state index contributed by atoms with van der Waals surface area (Å²) >= 11 is 1.12. The normalized spacial score (nSPS) is 31.0. The molecule has 2 aliphatic heterocycles. The summed E-state index contributed by atoms with van der Waals surface area (Å²) in [6, 6.07) is -0.682. The average Bonchev–Trinajstić information content (AvgIpc) is 2.90. The Morgan fingerprint density at radius 3 is 2.68 bits per heavy atom. The maximum absolute atomic E-state index is 12.7. The third kappa shape index (κ3) is 4.46. The Bertz CT molecular complexity index is 623. The highest BCUT2D eigenvalue weighted by atomic mass is 32.2. The van der Waals surface area contributed by atoms with Gasteiger partial charge in [-0.1, -0.05) is 19.8 Å². The van der Waals surface area contributed by atoms with E-state index in [1.807, 2.05) is 0 Å². The van der Waals surface area contributed by atoms with Gasteiger partial charge in [-0.25, -0.2) is 9.86 Å². The van der Waals surface area contributed by atoms with E-state index in [-0.39, 0.29) is 22.8 Å². The van der Waals surface area contributed by atoms with Crippen molar-refractivity contribution in [1.29, 1.82) is 0 Å². The first-order valence-electron chi connectivity index (χ1n) is 9.34. The molecule has 1 amide bonds. The van der Waals surface area contributed by atoms with E-state index in [9.17, 15) is 24.9 Å². The predicted molar refractivity (Wildman–Crippen MR) is 101 cm³/mol. The first-order chi connectivity index (χ1) is 13.2. The first-order valence-corrected chi connectivity index (χ1v) is 10.5. The molecule has 2 rings (SSSR count). The molecular weight excluding hydrogens is 390 g/mol. The molecule has 4 N–H and O–H groups in total. The summed E-state index contributed by atoms with van der Waals surface area (Å²) in [4.78, 5) is 28.6. The largest absolute Gasteiger partial charge is 0.489 e. The number of amides is 1. The van der Waals surface area contributed by atoms with Crippen LogP contribution < -0.4 is 0 Å². The molecule has 2 heterocycles. The zero-order valence-corrected chi connectivity index (χ0v) is 17.1. The minimum absolute atomic E-state index is 0.0389. The molecule has 5 atom stereocenters. The quantitative estimate of drug-likeness (QED) is 0.368. The molecule has 0 saturated carbocycles. The van der Waals surface area contributed by atoms with Crippen LogP contribution in [0.25, 0.3) is 0 Å². The summed E-state index contributed by atoms with van der Waals surface area (Å²) in [5.41, 5.74) is -1.66. The molecule has 0 radical (unpaired) electrons. The number of hydrogen-bond acceptors (Lipinski definition) is 8. The highest BCUT2D eigenvalue weighted by Crippen LogP contribution is 2.42. The molecule has 0 spiro atoms. The smallest absolute Gasteiger partial charge is 0.333 e. The maximum Gasteiger partial charge on any atom is 0.333 e. The zero-order valence-electron chi connectivity index (χ0n) is 16.3. The van der Waals surface area contributed by atoms with Crippen LogP contribution in [0.4, 0.5) is 0 Å². The number of thioether (sulfide) groups is 1. The Balaban J connectivity index is 2.21. The van der Waals surface area contributed by atoms with Gasteiger partial charge in [0.1, 0.15) is 29.6 Å². The number of rotatable bonds is 10. The number of carboxylic acid groups (broad SMARTS) is 1. The number of ether oxygens (including phenoxy) is 1. The van der Waals surface area contributed by atoms with Gasteiger partial charge in [0.15, 0.2) is 6.10 Å². The van der Waals surface area contributed by atoms with Gasteiger partial charge in [0, 0.05) is 11.5 Å². The van der Waals surface area contributed by atoms with Crippen molar-refractivity contribution in [1.82, 2.24) is 5.06 Å². The lowest BCUT2D eigenvalue weighted by Gasteiger charge is -2.41. The molecule has 0 aromatic heterocycles. The molecule has 10 heteroatoms. The van der Waals surface area contributed by atoms with Gasteiger partial charge in [-0.05, 0) is 19.8 Å². The molecule has 0 fully saturated rings. The number of aliphatic hydroxyl groups is 3. The van der Waals surface area contributed by atoms with Crippen molar-refractivity contribution in [2.45, 2.75) is 69.5 Å². The van der Waals surface area contributed by atoms with Crippen LogP contribution in [0, 0.1) is 0 Å². The van der Waals surface area contributed by atoms with Gasteiger partial charge in [-0.15, -0.1) is 0 Å². The van der Waals surface area contributed by atoms with Crippen LogP contribution in [0.15, 0.2) is 11.3 Å². The topological polar surface area (TPSA) is 137 Å². The highest BCUT2D eigenvalue weighted by Gasteiger charge is 2.56. The van der Waals surface area contributed by atoms with Gasteiger partial charge >= 0.3 is 5.97 Å². The number of unbranched alkanes of at least 4 members (excludes halogenated alkanes) is 2. The summed E-state index contributed by atoms with van der Waals surface area (Å²) in [7, 11) is 1.31. The van der Waals surface area contributed by atoms with Crippen molar-refractivity contribution in [2.24, 2.45) is 0 Å². The molecule has 0 bridgehead atoms. The van der Waals surface area contributed by atoms with E-state index in [4.69, 9.17) is 14.7 Å². The monoisotopic (exact) mass is 419 g/mol. The van der Waals surface area contributed by atoms with Gasteiger partial charge in [-0.3, -0.25) is 9.63 Å². The number of hydrogen-bond donors (Lipinski definition) is 4. The van der Waals surface area contributed by atoms with Gasteiger partial charge in [0.2, 0.25) is 0 Å². The fourth-order valence-electron chi connectivity index (χ4n) is 3.43. The Morgan fingerprint density at radius 2 is 2.11 bits per heavy atom. The third-order valence-corrected chi connectivity index (χ3v) is 6.24. The summed E-state index contributed by atoms with van der Waals surface area (Å²) in [5.74, 6) is -1.54. The highest BCUT2D eigenvalue weighted by molar-refractivity contribution is 7.99. The van der Waals surface area contributed by atoms with Crippen molar-refractivity contribution in [3.05, 3.63) is 11.3 Å². The van der Waals surface area contributed by atoms with E-state index < -0.39 is 41.8 Å². The summed E-state index contributed by atoms with van der Waals surface area (Å²) in [6.07, 6.45) is -0.360. The molecule has 9 nitrogen and oxygen atoms in total. The van der Waals surface area contributed by atoms with Crippen LogP contribution in [0.5, 0.6) is 0 Å². The second kappa shape index (κ2) is 9.45.